The number of pyridine rings is 1. The van der Waals surface area contributed by atoms with Gasteiger partial charge in [-0.1, -0.05) is 6.07 Å². The Bertz CT molecular complexity index is 813. The summed E-state index contributed by atoms with van der Waals surface area (Å²) in [6, 6.07) is 5.62. The van der Waals surface area contributed by atoms with E-state index < -0.39 is 11.5 Å². The maximum atomic E-state index is 13.1. The van der Waals surface area contributed by atoms with Crippen LogP contribution in [0.25, 0.3) is 5.65 Å². The maximum Gasteiger partial charge on any atom is 0.307 e. The van der Waals surface area contributed by atoms with E-state index in [0.29, 0.717) is 6.54 Å². The molecule has 0 unspecified atom stereocenters. The molecule has 1 amide bonds. The van der Waals surface area contributed by atoms with Gasteiger partial charge in [-0.05, 0) is 38.8 Å². The van der Waals surface area contributed by atoms with E-state index in [1.165, 1.54) is 0 Å². The average Bonchev–Trinajstić information content (AvgIpc) is 3.22. The first-order chi connectivity index (χ1) is 11.5. The lowest BCUT2D eigenvalue weighted by molar-refractivity contribution is -0.149. The number of hydrogen-bond donors (Lipinski definition) is 0. The van der Waals surface area contributed by atoms with Gasteiger partial charge in [0.2, 0.25) is 5.91 Å². The molecule has 0 bridgehead atoms. The summed E-state index contributed by atoms with van der Waals surface area (Å²) in [6.07, 6.45) is 3.83. The molecule has 7 nitrogen and oxygen atoms in total. The van der Waals surface area contributed by atoms with E-state index in [4.69, 9.17) is 4.74 Å². The number of amides is 1. The lowest BCUT2D eigenvalue weighted by Gasteiger charge is -2.30. The van der Waals surface area contributed by atoms with Crippen molar-refractivity contribution in [1.29, 1.82) is 0 Å². The molecule has 2 aromatic rings. The molecule has 2 saturated heterocycles. The number of carbonyl (C=O) groups excluding carboxylic acids is 2. The van der Waals surface area contributed by atoms with Crippen molar-refractivity contribution in [3.05, 3.63) is 30.2 Å². The summed E-state index contributed by atoms with van der Waals surface area (Å²) in [5.41, 5.74) is 0.0142. The van der Waals surface area contributed by atoms with Crippen LogP contribution in [0.5, 0.6) is 0 Å². The number of likely N-dealkylation sites (tertiary alicyclic amines) is 1. The lowest BCUT2D eigenvalue weighted by atomic mass is 9.89. The highest BCUT2D eigenvalue weighted by molar-refractivity contribution is 5.88. The van der Waals surface area contributed by atoms with Gasteiger partial charge in [0.15, 0.2) is 11.5 Å². The molecule has 2 aliphatic heterocycles. The Kier molecular flexibility index (Phi) is 3.33. The van der Waals surface area contributed by atoms with Crippen molar-refractivity contribution in [2.75, 3.05) is 6.54 Å². The van der Waals surface area contributed by atoms with E-state index in [1.54, 1.807) is 13.8 Å². The monoisotopic (exact) mass is 328 g/mol. The molecular weight excluding hydrogens is 308 g/mol. The molecule has 4 rings (SSSR count). The third kappa shape index (κ3) is 2.26. The SMILES string of the molecule is CC1(C)OC(=O)C[C@@H]1C(=O)N1CCC[C@H]1c1nnc2ccccn12. The van der Waals surface area contributed by atoms with Crippen LogP contribution in [0, 0.1) is 5.92 Å². The quantitative estimate of drug-likeness (QED) is 0.785. The summed E-state index contributed by atoms with van der Waals surface area (Å²) in [7, 11) is 0. The van der Waals surface area contributed by atoms with Gasteiger partial charge in [0.05, 0.1) is 18.4 Å². The highest BCUT2D eigenvalue weighted by Crippen LogP contribution is 2.38. The number of rotatable bonds is 2. The van der Waals surface area contributed by atoms with Gasteiger partial charge in [-0.15, -0.1) is 10.2 Å². The second-order valence-electron chi connectivity index (χ2n) is 7.01. The molecule has 0 spiro atoms. The van der Waals surface area contributed by atoms with Crippen molar-refractivity contribution in [2.45, 2.75) is 44.8 Å². The van der Waals surface area contributed by atoms with Crippen LogP contribution in [0.3, 0.4) is 0 Å². The van der Waals surface area contributed by atoms with Gasteiger partial charge in [0.25, 0.3) is 0 Å². The molecule has 0 aliphatic carbocycles. The van der Waals surface area contributed by atoms with Gasteiger partial charge in [0.1, 0.15) is 5.60 Å². The number of fused-ring (bicyclic) bond motifs is 1. The van der Waals surface area contributed by atoms with Crippen molar-refractivity contribution < 1.29 is 14.3 Å². The number of aromatic nitrogens is 3. The molecule has 2 atom stereocenters. The Hall–Kier alpha value is -2.44. The summed E-state index contributed by atoms with van der Waals surface area (Å²) in [6.45, 7) is 4.28. The summed E-state index contributed by atoms with van der Waals surface area (Å²) in [4.78, 5) is 26.6. The topological polar surface area (TPSA) is 76.8 Å². The Balaban J connectivity index is 1.66. The number of ether oxygens (including phenoxy) is 1. The number of esters is 1. The van der Waals surface area contributed by atoms with Gasteiger partial charge in [-0.3, -0.25) is 14.0 Å². The molecule has 0 saturated carbocycles. The van der Waals surface area contributed by atoms with Crippen molar-refractivity contribution in [3.8, 4) is 0 Å². The van der Waals surface area contributed by atoms with E-state index in [9.17, 15) is 9.59 Å². The zero-order valence-electron chi connectivity index (χ0n) is 13.8. The summed E-state index contributed by atoms with van der Waals surface area (Å²) in [5, 5.41) is 8.50. The van der Waals surface area contributed by atoms with E-state index in [1.807, 2.05) is 33.7 Å². The smallest absolute Gasteiger partial charge is 0.307 e. The minimum Gasteiger partial charge on any atom is -0.459 e. The molecule has 24 heavy (non-hydrogen) atoms. The highest BCUT2D eigenvalue weighted by Gasteiger charge is 2.49. The molecule has 0 N–H and O–H groups in total. The second-order valence-corrected chi connectivity index (χ2v) is 7.01. The molecule has 126 valence electrons. The van der Waals surface area contributed by atoms with E-state index in [-0.39, 0.29) is 24.3 Å². The first kappa shape index (κ1) is 15.1. The largest absolute Gasteiger partial charge is 0.459 e. The molecule has 2 fully saturated rings. The van der Waals surface area contributed by atoms with E-state index in [0.717, 1.165) is 24.3 Å². The number of hydrogen-bond acceptors (Lipinski definition) is 5. The van der Waals surface area contributed by atoms with Crippen LogP contribution in [-0.4, -0.2) is 43.5 Å². The van der Waals surface area contributed by atoms with E-state index >= 15 is 0 Å². The number of nitrogens with zero attached hydrogens (tertiary/aromatic N) is 4. The Labute approximate surface area is 139 Å². The summed E-state index contributed by atoms with van der Waals surface area (Å²) >= 11 is 0. The van der Waals surface area contributed by atoms with Crippen LogP contribution in [-0.2, 0) is 14.3 Å². The van der Waals surface area contributed by atoms with Gasteiger partial charge in [-0.25, -0.2) is 0 Å². The summed E-state index contributed by atoms with van der Waals surface area (Å²) < 4.78 is 7.25. The average molecular weight is 328 g/mol. The first-order valence-electron chi connectivity index (χ1n) is 8.29. The van der Waals surface area contributed by atoms with Gasteiger partial charge < -0.3 is 9.64 Å². The third-order valence-corrected chi connectivity index (χ3v) is 5.06. The fourth-order valence-electron chi connectivity index (χ4n) is 3.79. The Morgan fingerprint density at radius 2 is 2.17 bits per heavy atom. The van der Waals surface area contributed by atoms with Crippen LogP contribution >= 0.6 is 0 Å². The Morgan fingerprint density at radius 1 is 1.33 bits per heavy atom. The van der Waals surface area contributed by atoms with Crippen molar-refractivity contribution >= 4 is 17.5 Å². The normalized spacial score (nSPS) is 26.1. The highest BCUT2D eigenvalue weighted by atomic mass is 16.6. The van der Waals surface area contributed by atoms with Gasteiger partial charge >= 0.3 is 5.97 Å². The van der Waals surface area contributed by atoms with Gasteiger partial charge in [0, 0.05) is 12.7 Å². The molecule has 2 aromatic heterocycles. The van der Waals surface area contributed by atoms with Crippen molar-refractivity contribution in [2.24, 2.45) is 5.92 Å². The molecule has 2 aliphatic rings. The molecular formula is C17H20N4O3. The zero-order chi connectivity index (χ0) is 16.9. The molecule has 0 aromatic carbocycles. The van der Waals surface area contributed by atoms with Crippen LogP contribution < -0.4 is 0 Å². The zero-order valence-corrected chi connectivity index (χ0v) is 13.8. The maximum absolute atomic E-state index is 13.1. The Morgan fingerprint density at radius 3 is 2.92 bits per heavy atom. The van der Waals surface area contributed by atoms with Crippen molar-refractivity contribution in [1.82, 2.24) is 19.5 Å². The number of cyclic esters (lactones) is 1. The van der Waals surface area contributed by atoms with Crippen LogP contribution in [0.15, 0.2) is 24.4 Å². The van der Waals surface area contributed by atoms with E-state index in [2.05, 4.69) is 10.2 Å². The first-order valence-corrected chi connectivity index (χ1v) is 8.29. The molecule has 4 heterocycles. The van der Waals surface area contributed by atoms with Crippen LogP contribution in [0.4, 0.5) is 0 Å². The van der Waals surface area contributed by atoms with Crippen LogP contribution in [0.1, 0.15) is 45.0 Å². The fourth-order valence-corrected chi connectivity index (χ4v) is 3.79. The standard InChI is InChI=1S/C17H20N4O3/c1-17(2)11(10-14(22)24-17)16(23)20-9-5-6-12(20)15-19-18-13-7-3-4-8-21(13)15/h3-4,7-8,11-12H,5-6,9-10H2,1-2H3/t11-,12+/m1/s1. The lowest BCUT2D eigenvalue weighted by Crippen LogP contribution is -2.43. The summed E-state index contributed by atoms with van der Waals surface area (Å²) in [5.74, 6) is 0.00680. The predicted molar refractivity (Wildman–Crippen MR) is 85.0 cm³/mol. The third-order valence-electron chi connectivity index (χ3n) is 5.06. The molecule has 0 radical (unpaired) electrons. The second kappa shape index (κ2) is 5.29. The molecule has 7 heteroatoms. The minimum atomic E-state index is -0.756. The van der Waals surface area contributed by atoms with Crippen molar-refractivity contribution in [3.63, 3.8) is 0 Å². The fraction of sp³-hybridized carbons (Fsp3) is 0.529. The predicted octanol–water partition coefficient (Wildman–Crippen LogP) is 1.73. The number of carbonyl (C=O) groups is 2. The van der Waals surface area contributed by atoms with Crippen LogP contribution in [0.2, 0.25) is 0 Å². The minimum absolute atomic E-state index is 0.0268. The van der Waals surface area contributed by atoms with Gasteiger partial charge in [-0.2, -0.15) is 0 Å².